The van der Waals surface area contributed by atoms with Gasteiger partial charge >= 0.3 is 0 Å². The number of rotatable bonds is 5. The van der Waals surface area contributed by atoms with Gasteiger partial charge in [0, 0.05) is 18.2 Å². The molecule has 1 atom stereocenters. The van der Waals surface area contributed by atoms with Crippen molar-refractivity contribution < 1.29 is 4.92 Å². The highest BCUT2D eigenvalue weighted by atomic mass is 35.5. The molecule has 1 unspecified atom stereocenters. The van der Waals surface area contributed by atoms with Gasteiger partial charge in [-0.2, -0.15) is 0 Å². The lowest BCUT2D eigenvalue weighted by molar-refractivity contribution is -0.404. The second-order valence-electron chi connectivity index (χ2n) is 4.30. The number of allylic oxidation sites excluding steroid dienone is 1. The first kappa shape index (κ1) is 14.4. The number of nitro groups is 1. The molecule has 98 valence electrons. The van der Waals surface area contributed by atoms with Crippen molar-refractivity contribution in [3.05, 3.63) is 51.1 Å². The Balaban J connectivity index is 2.98. The molecule has 0 aliphatic rings. The van der Waals surface area contributed by atoms with E-state index in [4.69, 9.17) is 11.6 Å². The molecule has 0 aromatic carbocycles. The zero-order valence-electron chi connectivity index (χ0n) is 10.6. The van der Waals surface area contributed by atoms with Crippen LogP contribution in [0.2, 0.25) is 5.15 Å². The average Bonchev–Trinajstić information content (AvgIpc) is 2.27. The first-order valence-corrected chi connectivity index (χ1v) is 6.01. The maximum absolute atomic E-state index is 10.6. The van der Waals surface area contributed by atoms with Crippen LogP contribution in [-0.2, 0) is 0 Å². The zero-order valence-corrected chi connectivity index (χ0v) is 11.3. The Hall–Kier alpha value is -1.62. The van der Waals surface area contributed by atoms with E-state index in [-0.39, 0.29) is 12.0 Å². The Morgan fingerprint density at radius 3 is 2.61 bits per heavy atom. The van der Waals surface area contributed by atoms with Crippen LogP contribution in [0.5, 0.6) is 0 Å². The van der Waals surface area contributed by atoms with Crippen molar-refractivity contribution in [1.82, 2.24) is 10.3 Å². The number of hydrogen-bond donors (Lipinski definition) is 1. The van der Waals surface area contributed by atoms with E-state index < -0.39 is 4.92 Å². The SMILES string of the molecule is CC(C)N/C(=C\[N+](=O)[O-])C(C)c1ccc(Cl)nc1. The summed E-state index contributed by atoms with van der Waals surface area (Å²) < 4.78 is 0. The van der Waals surface area contributed by atoms with Crippen LogP contribution in [0.3, 0.4) is 0 Å². The molecule has 0 saturated carbocycles. The van der Waals surface area contributed by atoms with E-state index in [0.717, 1.165) is 11.8 Å². The van der Waals surface area contributed by atoms with Gasteiger partial charge in [-0.1, -0.05) is 24.6 Å². The fourth-order valence-electron chi connectivity index (χ4n) is 1.54. The van der Waals surface area contributed by atoms with Crippen LogP contribution in [0.25, 0.3) is 0 Å². The minimum Gasteiger partial charge on any atom is -0.381 e. The van der Waals surface area contributed by atoms with Crippen molar-refractivity contribution in [1.29, 1.82) is 0 Å². The molecule has 1 N–H and O–H groups in total. The third-order valence-corrected chi connectivity index (χ3v) is 2.64. The summed E-state index contributed by atoms with van der Waals surface area (Å²) in [5.74, 6) is -0.137. The maximum Gasteiger partial charge on any atom is 0.253 e. The van der Waals surface area contributed by atoms with Gasteiger partial charge in [0.1, 0.15) is 5.15 Å². The van der Waals surface area contributed by atoms with Crippen molar-refractivity contribution in [2.45, 2.75) is 32.7 Å². The van der Waals surface area contributed by atoms with Gasteiger partial charge in [-0.3, -0.25) is 10.1 Å². The van der Waals surface area contributed by atoms with Crippen molar-refractivity contribution in [2.24, 2.45) is 0 Å². The largest absolute Gasteiger partial charge is 0.381 e. The molecule has 18 heavy (non-hydrogen) atoms. The van der Waals surface area contributed by atoms with E-state index >= 15 is 0 Å². The molecule has 0 fully saturated rings. The summed E-state index contributed by atoms with van der Waals surface area (Å²) in [5, 5.41) is 14.1. The highest BCUT2D eigenvalue weighted by molar-refractivity contribution is 6.29. The summed E-state index contributed by atoms with van der Waals surface area (Å²) in [5.41, 5.74) is 1.43. The minimum absolute atomic E-state index is 0.124. The Labute approximate surface area is 111 Å². The minimum atomic E-state index is -0.454. The van der Waals surface area contributed by atoms with E-state index in [0.29, 0.717) is 10.9 Å². The van der Waals surface area contributed by atoms with E-state index in [1.54, 1.807) is 12.3 Å². The molecule has 5 nitrogen and oxygen atoms in total. The molecule has 1 rings (SSSR count). The van der Waals surface area contributed by atoms with Gasteiger partial charge in [0.15, 0.2) is 0 Å². The Morgan fingerprint density at radius 1 is 1.50 bits per heavy atom. The molecule has 6 heteroatoms. The van der Waals surface area contributed by atoms with Crippen LogP contribution < -0.4 is 5.32 Å². The molecule has 0 saturated heterocycles. The van der Waals surface area contributed by atoms with Gasteiger partial charge < -0.3 is 5.32 Å². The van der Waals surface area contributed by atoms with Gasteiger partial charge in [0.2, 0.25) is 0 Å². The van der Waals surface area contributed by atoms with Crippen LogP contribution in [0.4, 0.5) is 0 Å². The van der Waals surface area contributed by atoms with Crippen LogP contribution >= 0.6 is 11.6 Å². The number of nitrogens with zero attached hydrogens (tertiary/aromatic N) is 2. The lowest BCUT2D eigenvalue weighted by Gasteiger charge is -2.18. The van der Waals surface area contributed by atoms with Crippen molar-refractivity contribution in [3.8, 4) is 0 Å². The van der Waals surface area contributed by atoms with Crippen LogP contribution in [0.1, 0.15) is 32.3 Å². The third-order valence-electron chi connectivity index (χ3n) is 2.42. The average molecular weight is 270 g/mol. The molecule has 0 aliphatic carbocycles. The summed E-state index contributed by atoms with van der Waals surface area (Å²) in [7, 11) is 0. The molecule has 1 aromatic heterocycles. The number of nitrogens with one attached hydrogen (secondary N) is 1. The fraction of sp³-hybridized carbons (Fsp3) is 0.417. The molecule has 0 spiro atoms. The number of hydrogen-bond acceptors (Lipinski definition) is 4. The molecule has 0 aliphatic heterocycles. The first-order valence-electron chi connectivity index (χ1n) is 5.63. The van der Waals surface area contributed by atoms with E-state index in [1.165, 1.54) is 0 Å². The lowest BCUT2D eigenvalue weighted by atomic mass is 9.99. The second kappa shape index (κ2) is 6.35. The number of halogens is 1. The topological polar surface area (TPSA) is 68.1 Å². The van der Waals surface area contributed by atoms with Crippen LogP contribution in [-0.4, -0.2) is 15.9 Å². The summed E-state index contributed by atoms with van der Waals surface area (Å²) in [6.07, 6.45) is 2.63. The Morgan fingerprint density at radius 2 is 2.17 bits per heavy atom. The smallest absolute Gasteiger partial charge is 0.253 e. The predicted molar refractivity (Wildman–Crippen MR) is 71.0 cm³/mol. The number of aromatic nitrogens is 1. The van der Waals surface area contributed by atoms with Gasteiger partial charge in [0.05, 0.1) is 10.6 Å². The van der Waals surface area contributed by atoms with Gasteiger partial charge in [0.25, 0.3) is 6.20 Å². The molecule has 0 bridgehead atoms. The highest BCUT2D eigenvalue weighted by Crippen LogP contribution is 2.22. The summed E-state index contributed by atoms with van der Waals surface area (Å²) in [4.78, 5) is 14.2. The van der Waals surface area contributed by atoms with Crippen LogP contribution in [0, 0.1) is 10.1 Å². The normalized spacial score (nSPS) is 13.5. The van der Waals surface area contributed by atoms with Crippen molar-refractivity contribution >= 4 is 11.6 Å². The van der Waals surface area contributed by atoms with E-state index in [2.05, 4.69) is 10.3 Å². The molecule has 0 amide bonds. The highest BCUT2D eigenvalue weighted by Gasteiger charge is 2.16. The van der Waals surface area contributed by atoms with E-state index in [9.17, 15) is 10.1 Å². The second-order valence-corrected chi connectivity index (χ2v) is 4.69. The van der Waals surface area contributed by atoms with E-state index in [1.807, 2.05) is 26.8 Å². The predicted octanol–water partition coefficient (Wildman–Crippen LogP) is 2.95. The zero-order chi connectivity index (χ0) is 13.7. The molecular formula is C12H16ClN3O2. The Kier molecular flexibility index (Phi) is 5.09. The van der Waals surface area contributed by atoms with Gasteiger partial charge in [-0.15, -0.1) is 0 Å². The molecule has 1 aromatic rings. The molecule has 0 radical (unpaired) electrons. The summed E-state index contributed by atoms with van der Waals surface area (Å²) in [6, 6.07) is 3.61. The van der Waals surface area contributed by atoms with Crippen molar-refractivity contribution in [3.63, 3.8) is 0 Å². The summed E-state index contributed by atoms with van der Waals surface area (Å²) in [6.45, 7) is 5.75. The van der Waals surface area contributed by atoms with Crippen molar-refractivity contribution in [2.75, 3.05) is 0 Å². The fourth-order valence-corrected chi connectivity index (χ4v) is 1.66. The van der Waals surface area contributed by atoms with Gasteiger partial charge in [-0.25, -0.2) is 4.98 Å². The first-order chi connectivity index (χ1) is 8.40. The third kappa shape index (κ3) is 4.33. The lowest BCUT2D eigenvalue weighted by Crippen LogP contribution is -2.26. The quantitative estimate of drug-likeness (QED) is 0.507. The van der Waals surface area contributed by atoms with Gasteiger partial charge in [-0.05, 0) is 25.5 Å². The molecular weight excluding hydrogens is 254 g/mol. The summed E-state index contributed by atoms with van der Waals surface area (Å²) >= 11 is 5.72. The monoisotopic (exact) mass is 269 g/mol. The van der Waals surface area contributed by atoms with Crippen LogP contribution in [0.15, 0.2) is 30.2 Å². The Bertz CT molecular complexity index is 443. The standard InChI is InChI=1S/C12H16ClN3O2/c1-8(2)15-11(7-16(17)18)9(3)10-4-5-12(13)14-6-10/h4-9,15H,1-3H3/b11-7-. The molecule has 1 heterocycles. The maximum atomic E-state index is 10.6. The number of pyridine rings is 1.